The second-order valence-corrected chi connectivity index (χ2v) is 3.92. The van der Waals surface area contributed by atoms with Gasteiger partial charge < -0.3 is 11.5 Å². The molecule has 0 aliphatic rings. The molecule has 4 N–H and O–H groups in total. The molecule has 0 amide bonds. The van der Waals surface area contributed by atoms with E-state index in [1.54, 1.807) is 12.3 Å². The normalized spacial score (nSPS) is 11.1. The Morgan fingerprint density at radius 1 is 1.20 bits per heavy atom. The molecule has 0 spiro atoms. The number of hydrogen-bond acceptors (Lipinski definition) is 4. The molecule has 0 aliphatic heterocycles. The molecule has 2 rings (SSSR count). The van der Waals surface area contributed by atoms with Crippen LogP contribution in [0.3, 0.4) is 0 Å². The van der Waals surface area contributed by atoms with E-state index < -0.39 is 0 Å². The van der Waals surface area contributed by atoms with Crippen LogP contribution in [0.1, 0.15) is 25.5 Å². The second-order valence-electron chi connectivity index (χ2n) is 3.92. The Labute approximate surface area is 88.3 Å². The molecule has 4 nitrogen and oxygen atoms in total. The maximum atomic E-state index is 5.87. The molecule has 2 aromatic heterocycles. The summed E-state index contributed by atoms with van der Waals surface area (Å²) in [5.74, 6) is 1.34. The number of nitrogens with two attached hydrogens (primary N) is 2. The quantitative estimate of drug-likeness (QED) is 0.740. The van der Waals surface area contributed by atoms with Crippen molar-refractivity contribution < 1.29 is 0 Å². The predicted molar refractivity (Wildman–Crippen MR) is 62.5 cm³/mol. The lowest BCUT2D eigenvalue weighted by Crippen LogP contribution is -2.00. The summed E-state index contributed by atoms with van der Waals surface area (Å²) in [5.41, 5.74) is 12.4. The first kappa shape index (κ1) is 9.71. The van der Waals surface area contributed by atoms with Gasteiger partial charge in [-0.2, -0.15) is 0 Å². The zero-order valence-electron chi connectivity index (χ0n) is 8.86. The van der Waals surface area contributed by atoms with Crippen LogP contribution in [-0.4, -0.2) is 9.97 Å². The highest BCUT2D eigenvalue weighted by atomic mass is 14.9. The maximum Gasteiger partial charge on any atom is 0.131 e. The van der Waals surface area contributed by atoms with Crippen molar-refractivity contribution in [2.24, 2.45) is 0 Å². The van der Waals surface area contributed by atoms with Gasteiger partial charge in [0.1, 0.15) is 11.6 Å². The van der Waals surface area contributed by atoms with Crippen LogP contribution in [0.4, 0.5) is 11.6 Å². The zero-order valence-corrected chi connectivity index (χ0v) is 8.86. The Morgan fingerprint density at radius 2 is 1.93 bits per heavy atom. The molecule has 0 aliphatic carbocycles. The number of nitrogen functional groups attached to an aromatic ring is 2. The van der Waals surface area contributed by atoms with Crippen molar-refractivity contribution in [3.63, 3.8) is 0 Å². The van der Waals surface area contributed by atoms with Crippen LogP contribution in [0, 0.1) is 0 Å². The minimum atomic E-state index is 0.356. The fourth-order valence-electron chi connectivity index (χ4n) is 1.51. The molecule has 0 aromatic carbocycles. The van der Waals surface area contributed by atoms with E-state index in [4.69, 9.17) is 11.5 Å². The van der Waals surface area contributed by atoms with Crippen molar-refractivity contribution in [2.75, 3.05) is 11.5 Å². The van der Waals surface area contributed by atoms with E-state index in [1.165, 1.54) is 0 Å². The van der Waals surface area contributed by atoms with E-state index in [-0.39, 0.29) is 0 Å². The van der Waals surface area contributed by atoms with Crippen LogP contribution in [0.15, 0.2) is 18.3 Å². The number of nitrogens with zero attached hydrogens (tertiary/aromatic N) is 2. The lowest BCUT2D eigenvalue weighted by atomic mass is 10.1. The van der Waals surface area contributed by atoms with E-state index in [1.807, 2.05) is 6.07 Å². The van der Waals surface area contributed by atoms with E-state index in [0.29, 0.717) is 17.6 Å². The van der Waals surface area contributed by atoms with Crippen molar-refractivity contribution in [2.45, 2.75) is 19.8 Å². The smallest absolute Gasteiger partial charge is 0.131 e. The molecule has 15 heavy (non-hydrogen) atoms. The summed E-state index contributed by atoms with van der Waals surface area (Å²) in [5, 5.41) is 1.85. The monoisotopic (exact) mass is 202 g/mol. The van der Waals surface area contributed by atoms with Crippen LogP contribution in [0.5, 0.6) is 0 Å². The highest BCUT2D eigenvalue weighted by Gasteiger charge is 2.06. The lowest BCUT2D eigenvalue weighted by molar-refractivity contribution is 0.828. The van der Waals surface area contributed by atoms with Crippen molar-refractivity contribution in [3.8, 4) is 0 Å². The molecule has 0 radical (unpaired) electrons. The number of anilines is 2. The van der Waals surface area contributed by atoms with Gasteiger partial charge in [-0.1, -0.05) is 13.8 Å². The maximum absolute atomic E-state index is 5.87. The SMILES string of the molecule is CC(C)c1cc2cnc(N)cc2c(N)n1. The van der Waals surface area contributed by atoms with Crippen molar-refractivity contribution in [3.05, 3.63) is 24.0 Å². The first-order valence-corrected chi connectivity index (χ1v) is 4.89. The van der Waals surface area contributed by atoms with Crippen LogP contribution >= 0.6 is 0 Å². The van der Waals surface area contributed by atoms with Gasteiger partial charge in [-0.15, -0.1) is 0 Å². The second kappa shape index (κ2) is 3.38. The summed E-state index contributed by atoms with van der Waals surface area (Å²) in [4.78, 5) is 8.38. The topological polar surface area (TPSA) is 77.8 Å². The minimum absolute atomic E-state index is 0.356. The third-order valence-electron chi connectivity index (χ3n) is 2.38. The number of rotatable bonds is 1. The third kappa shape index (κ3) is 1.70. The molecule has 0 fully saturated rings. The van der Waals surface area contributed by atoms with Gasteiger partial charge >= 0.3 is 0 Å². The summed E-state index contributed by atoms with van der Waals surface area (Å²) in [6.45, 7) is 4.16. The van der Waals surface area contributed by atoms with Crippen molar-refractivity contribution >= 4 is 22.4 Å². The first-order valence-electron chi connectivity index (χ1n) is 4.89. The van der Waals surface area contributed by atoms with E-state index in [9.17, 15) is 0 Å². The van der Waals surface area contributed by atoms with Gasteiger partial charge in [-0.3, -0.25) is 0 Å². The van der Waals surface area contributed by atoms with Crippen LogP contribution in [0.25, 0.3) is 10.8 Å². The molecule has 2 heterocycles. The average Bonchev–Trinajstić information content (AvgIpc) is 2.18. The standard InChI is InChI=1S/C11H14N4/c1-6(2)9-3-7-5-14-10(12)4-8(7)11(13)15-9/h3-6H,1-2H3,(H2,12,14)(H2,13,15). The summed E-state index contributed by atoms with van der Waals surface area (Å²) in [6, 6.07) is 3.75. The van der Waals surface area contributed by atoms with E-state index >= 15 is 0 Å². The van der Waals surface area contributed by atoms with Gasteiger partial charge in [-0.25, -0.2) is 9.97 Å². The van der Waals surface area contributed by atoms with Crippen LogP contribution < -0.4 is 11.5 Å². The number of hydrogen-bond donors (Lipinski definition) is 2. The Kier molecular flexibility index (Phi) is 2.19. The molecule has 0 atom stereocenters. The summed E-state index contributed by atoms with van der Waals surface area (Å²) in [7, 11) is 0. The molecule has 0 bridgehead atoms. The number of aromatic nitrogens is 2. The van der Waals surface area contributed by atoms with E-state index in [2.05, 4.69) is 23.8 Å². The fourth-order valence-corrected chi connectivity index (χ4v) is 1.51. The molecular formula is C11H14N4. The Hall–Kier alpha value is -1.84. The third-order valence-corrected chi connectivity index (χ3v) is 2.38. The molecule has 0 saturated carbocycles. The van der Waals surface area contributed by atoms with Gasteiger partial charge in [0, 0.05) is 22.7 Å². The van der Waals surface area contributed by atoms with Crippen LogP contribution in [-0.2, 0) is 0 Å². The van der Waals surface area contributed by atoms with Gasteiger partial charge in [-0.05, 0) is 18.1 Å². The Bertz CT molecular complexity index is 505. The number of fused-ring (bicyclic) bond motifs is 1. The van der Waals surface area contributed by atoms with Gasteiger partial charge in [0.25, 0.3) is 0 Å². The Morgan fingerprint density at radius 3 is 2.60 bits per heavy atom. The molecule has 2 aromatic rings. The van der Waals surface area contributed by atoms with Crippen molar-refractivity contribution in [1.29, 1.82) is 0 Å². The van der Waals surface area contributed by atoms with Gasteiger partial charge in [0.05, 0.1) is 0 Å². The molecule has 0 unspecified atom stereocenters. The van der Waals surface area contributed by atoms with Crippen molar-refractivity contribution in [1.82, 2.24) is 9.97 Å². The average molecular weight is 202 g/mol. The largest absolute Gasteiger partial charge is 0.384 e. The predicted octanol–water partition coefficient (Wildman–Crippen LogP) is 1.92. The summed E-state index contributed by atoms with van der Waals surface area (Å²) in [6.07, 6.45) is 1.73. The summed E-state index contributed by atoms with van der Waals surface area (Å²) >= 11 is 0. The number of pyridine rings is 2. The Balaban J connectivity index is 2.73. The highest BCUT2D eigenvalue weighted by molar-refractivity contribution is 5.92. The fraction of sp³-hybridized carbons (Fsp3) is 0.273. The van der Waals surface area contributed by atoms with Gasteiger partial charge in [0.15, 0.2) is 0 Å². The molecule has 4 heteroatoms. The van der Waals surface area contributed by atoms with Gasteiger partial charge in [0.2, 0.25) is 0 Å². The summed E-state index contributed by atoms with van der Waals surface area (Å²) < 4.78 is 0. The zero-order chi connectivity index (χ0) is 11.0. The minimum Gasteiger partial charge on any atom is -0.384 e. The molecule has 0 saturated heterocycles. The molecule has 78 valence electrons. The lowest BCUT2D eigenvalue weighted by Gasteiger charge is -2.08. The van der Waals surface area contributed by atoms with E-state index in [0.717, 1.165) is 16.5 Å². The highest BCUT2D eigenvalue weighted by Crippen LogP contribution is 2.24. The van der Waals surface area contributed by atoms with Crippen LogP contribution in [0.2, 0.25) is 0 Å². The first-order chi connectivity index (χ1) is 7.08. The molecular weight excluding hydrogens is 188 g/mol.